The molecule has 2 aromatic carbocycles. The average Bonchev–Trinajstić information content (AvgIpc) is 4.09. The maximum absolute atomic E-state index is 14.6. The van der Waals surface area contributed by atoms with Gasteiger partial charge in [0.2, 0.25) is 21.8 Å². The van der Waals surface area contributed by atoms with Crippen LogP contribution in [0.25, 0.3) is 22.2 Å². The Hall–Kier alpha value is -4.92. The number of hydrogen-bond donors (Lipinski definition) is 3. The zero-order chi connectivity index (χ0) is 40.5. The number of carbonyl (C=O) groups is 4. The van der Waals surface area contributed by atoms with Crippen molar-refractivity contribution in [3.8, 4) is 22.8 Å². The van der Waals surface area contributed by atoms with Crippen LogP contribution in [0.3, 0.4) is 0 Å². The van der Waals surface area contributed by atoms with Crippen molar-refractivity contribution in [2.75, 3.05) is 13.7 Å². The molecule has 0 radical (unpaired) electrons. The normalized spacial score (nSPS) is 25.9. The highest BCUT2D eigenvalue weighted by atomic mass is 32.2. The second-order valence-electron chi connectivity index (χ2n) is 16.8. The third kappa shape index (κ3) is 9.29. The number of carbonyl (C=O) groups excluding carboxylic acids is 4. The van der Waals surface area contributed by atoms with Gasteiger partial charge in [0.15, 0.2) is 0 Å². The maximum atomic E-state index is 14.6. The molecule has 4 aliphatic rings. The van der Waals surface area contributed by atoms with Crippen molar-refractivity contribution in [3.05, 3.63) is 54.6 Å². The van der Waals surface area contributed by atoms with E-state index in [1.165, 1.54) is 4.90 Å². The van der Waals surface area contributed by atoms with Gasteiger partial charge in [0.1, 0.15) is 40.8 Å². The van der Waals surface area contributed by atoms with Crippen LogP contribution >= 0.6 is 0 Å². The number of alkyl carbamates (subject to hydrolysis) is 1. The molecule has 3 N–H and O–H groups in total. The smallest absolute Gasteiger partial charge is 0.408 e. The Balaban J connectivity index is 1.22. The standard InChI is InChI=1S/C42H53N5O9S/c1-41(2,3)56-40(51)44-32-16-12-7-5-6-11-15-27-24-42(27,39(50)46-57(52,53)30-18-19-30)45-37(48)35-22-29(25-47(35)38(32)49)55-36-23-33(26-13-9-8-10-14-26)43-34-21-28(54-4)17-20-31(34)36/h8-10,13-14,17,20-21,23,27,29-30,32,35H,5-7,11-12,15-16,18-19,22,24-25H2,1-4H3,(H,44,51)(H,45,48)(H,46,50)/t27?,29-,32+,35+,42-/m1/s1. The van der Waals surface area contributed by atoms with Gasteiger partial charge in [0.05, 0.1) is 30.1 Å². The number of nitrogens with zero attached hydrogens (tertiary/aromatic N) is 2. The molecule has 7 rings (SSSR count). The van der Waals surface area contributed by atoms with Crippen molar-refractivity contribution in [1.82, 2.24) is 25.2 Å². The van der Waals surface area contributed by atoms with Crippen LogP contribution in [0, 0.1) is 5.92 Å². The van der Waals surface area contributed by atoms with Gasteiger partial charge < -0.3 is 29.7 Å². The van der Waals surface area contributed by atoms with E-state index in [0.717, 1.165) is 31.2 Å². The lowest BCUT2D eigenvalue weighted by Gasteiger charge is -2.30. The number of methoxy groups -OCH3 is 1. The Morgan fingerprint density at radius 1 is 0.947 bits per heavy atom. The predicted octanol–water partition coefficient (Wildman–Crippen LogP) is 5.38. The van der Waals surface area contributed by atoms with E-state index in [-0.39, 0.29) is 18.9 Å². The number of benzene rings is 2. The summed E-state index contributed by atoms with van der Waals surface area (Å²) < 4.78 is 45.9. The summed E-state index contributed by atoms with van der Waals surface area (Å²) >= 11 is 0. The zero-order valence-corrected chi connectivity index (χ0v) is 33.9. The molecule has 1 unspecified atom stereocenters. The first-order chi connectivity index (χ1) is 27.2. The van der Waals surface area contributed by atoms with E-state index in [2.05, 4.69) is 15.4 Å². The average molecular weight is 804 g/mol. The largest absolute Gasteiger partial charge is 0.497 e. The molecule has 2 saturated carbocycles. The van der Waals surface area contributed by atoms with E-state index in [1.54, 1.807) is 27.9 Å². The lowest BCUT2D eigenvalue weighted by Crippen LogP contribution is -2.58. The molecular weight excluding hydrogens is 751 g/mol. The molecule has 4 amide bonds. The Labute approximate surface area is 333 Å². The van der Waals surface area contributed by atoms with Gasteiger partial charge in [0, 0.05) is 29.5 Å². The number of fused-ring (bicyclic) bond motifs is 3. The molecule has 2 saturated heterocycles. The molecule has 14 nitrogen and oxygen atoms in total. The van der Waals surface area contributed by atoms with Crippen LogP contribution in [0.4, 0.5) is 4.79 Å². The molecule has 1 aromatic heterocycles. The minimum atomic E-state index is -3.88. The van der Waals surface area contributed by atoms with Crippen LogP contribution in [0.15, 0.2) is 54.6 Å². The van der Waals surface area contributed by atoms with Crippen LogP contribution in [0.2, 0.25) is 0 Å². The van der Waals surface area contributed by atoms with Crippen LogP contribution in [0.1, 0.15) is 91.4 Å². The van der Waals surface area contributed by atoms with Gasteiger partial charge in [-0.25, -0.2) is 18.2 Å². The fourth-order valence-electron chi connectivity index (χ4n) is 8.04. The molecule has 15 heteroatoms. The van der Waals surface area contributed by atoms with Crippen molar-refractivity contribution < 1.29 is 41.8 Å². The van der Waals surface area contributed by atoms with Crippen molar-refractivity contribution in [2.24, 2.45) is 5.92 Å². The minimum Gasteiger partial charge on any atom is -0.497 e. The van der Waals surface area contributed by atoms with Gasteiger partial charge in [-0.05, 0) is 70.9 Å². The van der Waals surface area contributed by atoms with E-state index < -0.39 is 68.4 Å². The van der Waals surface area contributed by atoms with Gasteiger partial charge in [-0.3, -0.25) is 19.1 Å². The molecule has 4 fully saturated rings. The first-order valence-corrected chi connectivity index (χ1v) is 21.6. The molecule has 2 aliphatic heterocycles. The third-order valence-electron chi connectivity index (χ3n) is 11.3. The molecule has 3 aromatic rings. The minimum absolute atomic E-state index is 0.00272. The second kappa shape index (κ2) is 16.1. The number of pyridine rings is 1. The third-order valence-corrected chi connectivity index (χ3v) is 13.1. The maximum Gasteiger partial charge on any atom is 0.408 e. The highest BCUT2D eigenvalue weighted by molar-refractivity contribution is 7.91. The van der Waals surface area contributed by atoms with E-state index in [9.17, 15) is 27.6 Å². The Morgan fingerprint density at radius 2 is 1.67 bits per heavy atom. The van der Waals surface area contributed by atoms with Crippen LogP contribution in [-0.2, 0) is 29.1 Å². The highest BCUT2D eigenvalue weighted by Crippen LogP contribution is 2.48. The summed E-state index contributed by atoms with van der Waals surface area (Å²) in [5, 5.41) is 5.82. The monoisotopic (exact) mass is 803 g/mol. The summed E-state index contributed by atoms with van der Waals surface area (Å²) in [7, 11) is -2.30. The highest BCUT2D eigenvalue weighted by Gasteiger charge is 2.62. The van der Waals surface area contributed by atoms with E-state index in [1.807, 2.05) is 54.6 Å². The number of ether oxygens (including phenoxy) is 3. The summed E-state index contributed by atoms with van der Waals surface area (Å²) in [6.45, 7) is 5.22. The van der Waals surface area contributed by atoms with E-state index >= 15 is 0 Å². The Bertz CT molecular complexity index is 2120. The Morgan fingerprint density at radius 3 is 2.37 bits per heavy atom. The van der Waals surface area contributed by atoms with Crippen molar-refractivity contribution in [2.45, 2.75) is 126 Å². The van der Waals surface area contributed by atoms with Crippen molar-refractivity contribution in [3.63, 3.8) is 0 Å². The summed E-state index contributed by atoms with van der Waals surface area (Å²) in [6, 6.07) is 14.9. The summed E-state index contributed by atoms with van der Waals surface area (Å²) in [6.07, 6.45) is 4.89. The van der Waals surface area contributed by atoms with Gasteiger partial charge in [-0.15, -0.1) is 0 Å². The second-order valence-corrected chi connectivity index (χ2v) is 18.8. The molecule has 2 aliphatic carbocycles. The quantitative estimate of drug-likeness (QED) is 0.268. The first kappa shape index (κ1) is 40.3. The number of sulfonamides is 1. The zero-order valence-electron chi connectivity index (χ0n) is 33.0. The number of amides is 4. The fraction of sp³-hybridized carbons (Fsp3) is 0.548. The molecule has 57 heavy (non-hydrogen) atoms. The predicted molar refractivity (Wildman–Crippen MR) is 213 cm³/mol. The van der Waals surface area contributed by atoms with Crippen LogP contribution in [0.5, 0.6) is 11.5 Å². The van der Waals surface area contributed by atoms with Crippen molar-refractivity contribution >= 4 is 44.7 Å². The summed E-state index contributed by atoms with van der Waals surface area (Å²) in [5.41, 5.74) is -0.0820. The SMILES string of the molecule is COc1ccc2c(O[C@@H]3C[C@H]4C(=O)N[C@]5(C(=O)NS(=O)(=O)C6CC6)CC5CCCCCCC[C@H](NC(=O)OC(C)(C)C)C(=O)N4C3)cc(-c3ccccc3)nc2c1. The van der Waals surface area contributed by atoms with Crippen LogP contribution in [-0.4, -0.2) is 90.3 Å². The molecular formula is C42H53N5O9S. The number of aromatic nitrogens is 1. The Kier molecular flexibility index (Phi) is 11.4. The van der Waals surface area contributed by atoms with Crippen LogP contribution < -0.4 is 24.8 Å². The van der Waals surface area contributed by atoms with E-state index in [0.29, 0.717) is 66.6 Å². The number of hydrogen-bond acceptors (Lipinski definition) is 10. The van der Waals surface area contributed by atoms with Gasteiger partial charge in [0.25, 0.3) is 5.91 Å². The lowest BCUT2D eigenvalue weighted by molar-refractivity contribution is -0.141. The first-order valence-electron chi connectivity index (χ1n) is 20.0. The molecule has 5 atom stereocenters. The molecule has 0 bridgehead atoms. The number of rotatable bonds is 8. The molecule has 3 heterocycles. The van der Waals surface area contributed by atoms with E-state index in [4.69, 9.17) is 19.2 Å². The summed E-state index contributed by atoms with van der Waals surface area (Å²) in [4.78, 5) is 62.4. The van der Waals surface area contributed by atoms with Crippen molar-refractivity contribution in [1.29, 1.82) is 0 Å². The van der Waals surface area contributed by atoms with Gasteiger partial charge >= 0.3 is 6.09 Å². The van der Waals surface area contributed by atoms with Gasteiger partial charge in [-0.2, -0.15) is 0 Å². The lowest BCUT2D eigenvalue weighted by atomic mass is 10.0. The molecule has 306 valence electrons. The molecule has 0 spiro atoms. The number of nitrogens with one attached hydrogen (secondary N) is 3. The van der Waals surface area contributed by atoms with Gasteiger partial charge in [-0.1, -0.05) is 62.4 Å². The fourth-order valence-corrected chi connectivity index (χ4v) is 9.40. The summed E-state index contributed by atoms with van der Waals surface area (Å²) in [5.74, 6) is -0.942. The topological polar surface area (TPSA) is 182 Å².